The molecular weight excluding hydrogens is 229 g/mol. The van der Waals surface area contributed by atoms with Crippen LogP contribution in [0.5, 0.6) is 0 Å². The van der Waals surface area contributed by atoms with Crippen LogP contribution >= 0.6 is 0 Å². The molecule has 2 rings (SSSR count). The maximum atomic E-state index is 13.7. The minimum Gasteiger partial charge on any atom is -0.323 e. The smallest absolute Gasteiger partial charge is 0.207 e. The molecule has 0 saturated heterocycles. The van der Waals surface area contributed by atoms with Crippen LogP contribution in [0.2, 0.25) is 0 Å². The van der Waals surface area contributed by atoms with E-state index in [0.29, 0.717) is 18.2 Å². The molecule has 4 heteroatoms. The summed E-state index contributed by atoms with van der Waals surface area (Å²) in [7, 11) is 0. The van der Waals surface area contributed by atoms with Gasteiger partial charge < -0.3 is 9.88 Å². The molecule has 0 amide bonds. The highest BCUT2D eigenvalue weighted by atomic mass is 19.1. The molecule has 1 heterocycles. The van der Waals surface area contributed by atoms with Gasteiger partial charge in [-0.1, -0.05) is 12.1 Å². The van der Waals surface area contributed by atoms with Gasteiger partial charge in [-0.3, -0.25) is 0 Å². The first-order valence-electron chi connectivity index (χ1n) is 5.78. The van der Waals surface area contributed by atoms with E-state index in [0.717, 1.165) is 11.3 Å². The number of imidazole rings is 1. The van der Waals surface area contributed by atoms with Gasteiger partial charge in [-0.2, -0.15) is 0 Å². The van der Waals surface area contributed by atoms with Crippen molar-refractivity contribution in [3.63, 3.8) is 0 Å². The molecule has 1 aromatic heterocycles. The molecule has 0 bridgehead atoms. The topological polar surface area (TPSA) is 29.9 Å². The summed E-state index contributed by atoms with van der Waals surface area (Å²) in [6, 6.07) is 4.95. The molecule has 0 atom stereocenters. The summed E-state index contributed by atoms with van der Waals surface area (Å²) in [6.45, 7) is 8.15. The fourth-order valence-electron chi connectivity index (χ4n) is 1.78. The first kappa shape index (κ1) is 12.4. The molecular formula is C14H16FN3. The van der Waals surface area contributed by atoms with E-state index in [1.54, 1.807) is 18.2 Å². The molecule has 1 N–H and O–H groups in total. The van der Waals surface area contributed by atoms with Gasteiger partial charge in [0.2, 0.25) is 5.95 Å². The third kappa shape index (κ3) is 2.59. The lowest BCUT2D eigenvalue weighted by Crippen LogP contribution is -2.03. The van der Waals surface area contributed by atoms with Crippen molar-refractivity contribution >= 4 is 11.6 Å². The fourth-order valence-corrected chi connectivity index (χ4v) is 1.78. The van der Waals surface area contributed by atoms with Gasteiger partial charge in [0.05, 0.1) is 11.4 Å². The number of anilines is 2. The van der Waals surface area contributed by atoms with Crippen molar-refractivity contribution in [2.75, 3.05) is 5.32 Å². The third-order valence-electron chi connectivity index (χ3n) is 2.59. The highest BCUT2D eigenvalue weighted by Gasteiger charge is 2.08. The number of benzene rings is 1. The lowest BCUT2D eigenvalue weighted by atomic mass is 10.2. The Labute approximate surface area is 106 Å². The van der Waals surface area contributed by atoms with E-state index < -0.39 is 0 Å². The number of nitrogens with zero attached hydrogens (tertiary/aromatic N) is 2. The predicted molar refractivity (Wildman–Crippen MR) is 71.6 cm³/mol. The second kappa shape index (κ2) is 5.04. The second-order valence-electron chi connectivity index (χ2n) is 4.26. The summed E-state index contributed by atoms with van der Waals surface area (Å²) < 4.78 is 15.6. The van der Waals surface area contributed by atoms with E-state index >= 15 is 0 Å². The van der Waals surface area contributed by atoms with Gasteiger partial charge in [0.1, 0.15) is 5.82 Å². The summed E-state index contributed by atoms with van der Waals surface area (Å²) in [6.07, 6.45) is 3.68. The van der Waals surface area contributed by atoms with Crippen LogP contribution in [0.25, 0.3) is 0 Å². The second-order valence-corrected chi connectivity index (χ2v) is 4.26. The molecule has 94 valence electrons. The minimum atomic E-state index is -0.286. The van der Waals surface area contributed by atoms with Crippen molar-refractivity contribution in [3.05, 3.63) is 54.1 Å². The van der Waals surface area contributed by atoms with Crippen molar-refractivity contribution in [1.29, 1.82) is 0 Å². The largest absolute Gasteiger partial charge is 0.323 e. The highest BCUT2D eigenvalue weighted by molar-refractivity contribution is 5.56. The first-order chi connectivity index (χ1) is 8.60. The Hall–Kier alpha value is -2.10. The summed E-state index contributed by atoms with van der Waals surface area (Å²) >= 11 is 0. The van der Waals surface area contributed by atoms with E-state index in [4.69, 9.17) is 0 Å². The van der Waals surface area contributed by atoms with Crippen molar-refractivity contribution in [1.82, 2.24) is 9.55 Å². The lowest BCUT2D eigenvalue weighted by molar-refractivity contribution is 0.631. The molecule has 0 radical (unpaired) electrons. The van der Waals surface area contributed by atoms with Crippen LogP contribution in [0.15, 0.2) is 37.1 Å². The number of hydrogen-bond acceptors (Lipinski definition) is 2. The van der Waals surface area contributed by atoms with Gasteiger partial charge in [-0.25, -0.2) is 9.37 Å². The van der Waals surface area contributed by atoms with Gasteiger partial charge in [-0.05, 0) is 31.5 Å². The van der Waals surface area contributed by atoms with Gasteiger partial charge >= 0.3 is 0 Å². The predicted octanol–water partition coefficient (Wildman–Crippen LogP) is 3.57. The molecule has 3 nitrogen and oxygen atoms in total. The third-order valence-corrected chi connectivity index (χ3v) is 2.59. The molecule has 0 fully saturated rings. The Bertz CT molecular complexity index is 572. The monoisotopic (exact) mass is 245 g/mol. The van der Waals surface area contributed by atoms with Gasteiger partial charge in [0.25, 0.3) is 0 Å². The molecule has 0 saturated carbocycles. The van der Waals surface area contributed by atoms with Crippen LogP contribution in [-0.4, -0.2) is 9.55 Å². The number of halogens is 1. The molecule has 0 spiro atoms. The molecule has 0 aliphatic rings. The Morgan fingerprint density at radius 1 is 1.44 bits per heavy atom. The average Bonchev–Trinajstić information content (AvgIpc) is 2.65. The molecule has 0 aliphatic carbocycles. The van der Waals surface area contributed by atoms with Crippen molar-refractivity contribution in [3.8, 4) is 0 Å². The Morgan fingerprint density at radius 3 is 2.94 bits per heavy atom. The number of rotatable bonds is 4. The Balaban J connectivity index is 2.33. The zero-order chi connectivity index (χ0) is 13.1. The Kier molecular flexibility index (Phi) is 3.46. The number of allylic oxidation sites excluding steroid dienone is 1. The van der Waals surface area contributed by atoms with Crippen LogP contribution in [0.4, 0.5) is 16.0 Å². The van der Waals surface area contributed by atoms with E-state index in [1.807, 2.05) is 24.6 Å². The number of aryl methyl sites for hydroxylation is 2. The van der Waals surface area contributed by atoms with Crippen molar-refractivity contribution in [2.45, 2.75) is 20.4 Å². The molecule has 18 heavy (non-hydrogen) atoms. The maximum absolute atomic E-state index is 13.7. The maximum Gasteiger partial charge on any atom is 0.207 e. The summed E-state index contributed by atoms with van der Waals surface area (Å²) in [5.74, 6) is 0.336. The summed E-state index contributed by atoms with van der Waals surface area (Å²) in [4.78, 5) is 4.33. The van der Waals surface area contributed by atoms with Crippen molar-refractivity contribution < 1.29 is 4.39 Å². The van der Waals surface area contributed by atoms with Crippen LogP contribution in [0.1, 0.15) is 11.3 Å². The zero-order valence-corrected chi connectivity index (χ0v) is 10.6. The fraction of sp³-hybridized carbons (Fsp3) is 0.214. The average molecular weight is 245 g/mol. The summed E-state index contributed by atoms with van der Waals surface area (Å²) in [5.41, 5.74) is 2.32. The van der Waals surface area contributed by atoms with E-state index in [9.17, 15) is 4.39 Å². The molecule has 0 aliphatic heterocycles. The number of aromatic nitrogens is 2. The lowest BCUT2D eigenvalue weighted by Gasteiger charge is -2.09. The van der Waals surface area contributed by atoms with Crippen molar-refractivity contribution in [2.24, 2.45) is 0 Å². The highest BCUT2D eigenvalue weighted by Crippen LogP contribution is 2.21. The standard InChI is InChI=1S/C14H16FN3/c1-4-7-18-9-11(3)16-14(18)17-13-8-10(2)5-6-12(13)15/h4-6,8-9H,1,7H2,2-3H3,(H,16,17). The van der Waals surface area contributed by atoms with Crippen LogP contribution in [0, 0.1) is 19.7 Å². The van der Waals surface area contributed by atoms with E-state index in [-0.39, 0.29) is 5.82 Å². The van der Waals surface area contributed by atoms with Crippen LogP contribution < -0.4 is 5.32 Å². The first-order valence-corrected chi connectivity index (χ1v) is 5.78. The zero-order valence-electron chi connectivity index (χ0n) is 10.6. The molecule has 2 aromatic rings. The number of hydrogen-bond donors (Lipinski definition) is 1. The van der Waals surface area contributed by atoms with Crippen LogP contribution in [-0.2, 0) is 6.54 Å². The van der Waals surface area contributed by atoms with E-state index in [2.05, 4.69) is 16.9 Å². The van der Waals surface area contributed by atoms with E-state index in [1.165, 1.54) is 6.07 Å². The number of nitrogens with one attached hydrogen (secondary N) is 1. The minimum absolute atomic E-state index is 0.286. The normalized spacial score (nSPS) is 10.4. The molecule has 1 aromatic carbocycles. The molecule has 0 unspecified atom stereocenters. The van der Waals surface area contributed by atoms with Crippen LogP contribution in [0.3, 0.4) is 0 Å². The van der Waals surface area contributed by atoms with Gasteiger partial charge in [-0.15, -0.1) is 6.58 Å². The van der Waals surface area contributed by atoms with Gasteiger partial charge in [0, 0.05) is 12.7 Å². The summed E-state index contributed by atoms with van der Waals surface area (Å²) in [5, 5.41) is 3.02. The Morgan fingerprint density at radius 2 is 2.22 bits per heavy atom. The van der Waals surface area contributed by atoms with Gasteiger partial charge in [0.15, 0.2) is 0 Å². The quantitative estimate of drug-likeness (QED) is 0.834. The SMILES string of the molecule is C=CCn1cc(C)nc1Nc1cc(C)ccc1F.